The van der Waals surface area contributed by atoms with Crippen molar-refractivity contribution in [3.63, 3.8) is 0 Å². The molecule has 6 nitrogen and oxygen atoms in total. The van der Waals surface area contributed by atoms with E-state index in [4.69, 9.17) is 9.72 Å². The van der Waals surface area contributed by atoms with E-state index in [-0.39, 0.29) is 11.5 Å². The van der Waals surface area contributed by atoms with Crippen molar-refractivity contribution in [2.45, 2.75) is 52.5 Å². The van der Waals surface area contributed by atoms with Crippen LogP contribution in [0.3, 0.4) is 0 Å². The van der Waals surface area contributed by atoms with Gasteiger partial charge in [-0.25, -0.2) is 9.78 Å². The number of aryl methyl sites for hydroxylation is 3. The lowest BCUT2D eigenvalue weighted by Crippen LogP contribution is -2.24. The molecule has 3 aromatic rings. The smallest absolute Gasteiger partial charge is 0.338 e. The molecule has 2 heterocycles. The number of hydrogen-bond acceptors (Lipinski definition) is 6. The summed E-state index contributed by atoms with van der Waals surface area (Å²) in [5.74, 6) is 0.133. The predicted octanol–water partition coefficient (Wildman–Crippen LogP) is 4.59. The zero-order chi connectivity index (χ0) is 20.5. The summed E-state index contributed by atoms with van der Waals surface area (Å²) in [6, 6.07) is 5.49. The maximum atomic E-state index is 13.4. The minimum Gasteiger partial charge on any atom is -0.465 e. The van der Waals surface area contributed by atoms with Crippen molar-refractivity contribution in [1.82, 2.24) is 9.55 Å². The van der Waals surface area contributed by atoms with Gasteiger partial charge >= 0.3 is 5.97 Å². The fraction of sp³-hybridized carbons (Fsp3) is 0.409. The van der Waals surface area contributed by atoms with Crippen molar-refractivity contribution in [1.29, 1.82) is 0 Å². The average molecular weight is 412 g/mol. The van der Waals surface area contributed by atoms with Crippen LogP contribution >= 0.6 is 11.3 Å². The molecule has 0 atom stereocenters. The molecule has 0 saturated heterocycles. The first-order valence-corrected chi connectivity index (χ1v) is 10.9. The number of rotatable bonds is 5. The number of benzene rings is 1. The Morgan fingerprint density at radius 3 is 2.86 bits per heavy atom. The van der Waals surface area contributed by atoms with E-state index in [9.17, 15) is 9.59 Å². The van der Waals surface area contributed by atoms with Gasteiger partial charge in [0.05, 0.1) is 18.1 Å². The van der Waals surface area contributed by atoms with Gasteiger partial charge in [0, 0.05) is 17.1 Å². The lowest BCUT2D eigenvalue weighted by atomic mass is 9.97. The summed E-state index contributed by atoms with van der Waals surface area (Å²) in [5.41, 5.74) is 3.26. The first kappa shape index (κ1) is 19.6. The number of ether oxygens (including phenoxy) is 1. The van der Waals surface area contributed by atoms with E-state index in [1.807, 2.05) is 26.0 Å². The molecule has 0 bridgehead atoms. The van der Waals surface area contributed by atoms with Crippen LogP contribution in [-0.2, 0) is 24.1 Å². The van der Waals surface area contributed by atoms with Crippen LogP contribution in [0.2, 0.25) is 0 Å². The van der Waals surface area contributed by atoms with Gasteiger partial charge in [-0.2, -0.15) is 0 Å². The van der Waals surface area contributed by atoms with Crippen molar-refractivity contribution >= 4 is 39.2 Å². The molecular weight excluding hydrogens is 386 g/mol. The van der Waals surface area contributed by atoms with Crippen LogP contribution < -0.4 is 10.9 Å². The Hall–Kier alpha value is -2.67. The van der Waals surface area contributed by atoms with Gasteiger partial charge in [-0.3, -0.25) is 9.36 Å². The van der Waals surface area contributed by atoms with Crippen molar-refractivity contribution in [2.75, 3.05) is 12.4 Å². The number of thiophene rings is 1. The van der Waals surface area contributed by atoms with E-state index in [1.165, 1.54) is 24.0 Å². The van der Waals surface area contributed by atoms with Crippen LogP contribution in [0.1, 0.15) is 52.5 Å². The minimum absolute atomic E-state index is 0.0269. The molecular formula is C22H25N3O3S. The van der Waals surface area contributed by atoms with Crippen molar-refractivity contribution in [3.05, 3.63) is 50.1 Å². The number of aromatic nitrogens is 2. The molecule has 1 aromatic carbocycles. The molecule has 0 saturated carbocycles. The highest BCUT2D eigenvalue weighted by atomic mass is 32.1. The number of esters is 1. The number of anilines is 2. The molecule has 0 unspecified atom stereocenters. The van der Waals surface area contributed by atoms with Crippen LogP contribution in [0, 0.1) is 6.92 Å². The van der Waals surface area contributed by atoms with Gasteiger partial charge in [-0.1, -0.05) is 13.0 Å². The molecule has 29 heavy (non-hydrogen) atoms. The highest BCUT2D eigenvalue weighted by Crippen LogP contribution is 2.34. The van der Waals surface area contributed by atoms with E-state index in [0.29, 0.717) is 23.7 Å². The molecule has 0 fully saturated rings. The summed E-state index contributed by atoms with van der Waals surface area (Å²) in [6.45, 7) is 4.50. The standard InChI is InChI=1S/C22H25N3O3S/c1-4-11-25-20(26)18-15-7-5-6-8-17(15)29-19(18)24-22(25)23-14-10-9-13(2)16(12-14)21(27)28-3/h9-10,12H,4-8,11H2,1-3H3,(H,23,24). The van der Waals surface area contributed by atoms with E-state index in [0.717, 1.165) is 41.5 Å². The number of hydrogen-bond donors (Lipinski definition) is 1. The van der Waals surface area contributed by atoms with E-state index >= 15 is 0 Å². The second-order valence-corrected chi connectivity index (χ2v) is 8.51. The third-order valence-corrected chi connectivity index (χ3v) is 6.61. The van der Waals surface area contributed by atoms with Crippen LogP contribution in [0.15, 0.2) is 23.0 Å². The van der Waals surface area contributed by atoms with Crippen molar-refractivity contribution in [3.8, 4) is 0 Å². The van der Waals surface area contributed by atoms with E-state index < -0.39 is 0 Å². The fourth-order valence-electron chi connectivity index (χ4n) is 3.92. The molecule has 0 amide bonds. The van der Waals surface area contributed by atoms with Crippen LogP contribution in [0.25, 0.3) is 10.2 Å². The molecule has 4 rings (SSSR count). The molecule has 2 aromatic heterocycles. The maximum Gasteiger partial charge on any atom is 0.338 e. The average Bonchev–Trinajstić information content (AvgIpc) is 3.10. The summed E-state index contributed by atoms with van der Waals surface area (Å²) in [7, 11) is 1.37. The zero-order valence-corrected chi connectivity index (χ0v) is 17.8. The Kier molecular flexibility index (Phi) is 5.41. The summed E-state index contributed by atoms with van der Waals surface area (Å²) in [6.07, 6.45) is 5.13. The summed E-state index contributed by atoms with van der Waals surface area (Å²) >= 11 is 1.64. The number of fused-ring (bicyclic) bond motifs is 3. The Balaban J connectivity index is 1.82. The second kappa shape index (κ2) is 7.99. The predicted molar refractivity (Wildman–Crippen MR) is 117 cm³/mol. The summed E-state index contributed by atoms with van der Waals surface area (Å²) in [4.78, 5) is 32.3. The molecule has 1 aliphatic rings. The molecule has 0 radical (unpaired) electrons. The molecule has 1 N–H and O–H groups in total. The fourth-order valence-corrected chi connectivity index (χ4v) is 5.18. The molecule has 0 spiro atoms. The highest BCUT2D eigenvalue weighted by molar-refractivity contribution is 7.18. The number of carbonyl (C=O) groups is 1. The van der Waals surface area contributed by atoms with Crippen molar-refractivity contribution < 1.29 is 9.53 Å². The number of nitrogens with one attached hydrogen (secondary N) is 1. The SMILES string of the molecule is CCCn1c(Nc2ccc(C)c(C(=O)OC)c2)nc2sc3c(c2c1=O)CCCC3. The summed E-state index contributed by atoms with van der Waals surface area (Å²) < 4.78 is 6.60. The van der Waals surface area contributed by atoms with E-state index in [2.05, 4.69) is 5.32 Å². The number of carbonyl (C=O) groups excluding carboxylic acids is 1. The Bertz CT molecular complexity index is 1150. The Labute approximate surface area is 173 Å². The molecule has 7 heteroatoms. The minimum atomic E-state index is -0.383. The zero-order valence-electron chi connectivity index (χ0n) is 17.0. The van der Waals surface area contributed by atoms with Crippen LogP contribution in [0.4, 0.5) is 11.6 Å². The lowest BCUT2D eigenvalue weighted by Gasteiger charge is -2.15. The van der Waals surface area contributed by atoms with Gasteiger partial charge in [-0.15, -0.1) is 11.3 Å². The van der Waals surface area contributed by atoms with E-state index in [1.54, 1.807) is 22.0 Å². The first-order chi connectivity index (χ1) is 14.0. The molecule has 0 aliphatic heterocycles. The Morgan fingerprint density at radius 1 is 1.31 bits per heavy atom. The van der Waals surface area contributed by atoms with Crippen LogP contribution in [0.5, 0.6) is 0 Å². The normalized spacial score (nSPS) is 13.3. The second-order valence-electron chi connectivity index (χ2n) is 7.43. The van der Waals surface area contributed by atoms with Gasteiger partial charge < -0.3 is 10.1 Å². The van der Waals surface area contributed by atoms with Gasteiger partial charge in [0.15, 0.2) is 0 Å². The van der Waals surface area contributed by atoms with Gasteiger partial charge in [0.2, 0.25) is 5.95 Å². The largest absolute Gasteiger partial charge is 0.465 e. The number of nitrogens with zero attached hydrogens (tertiary/aromatic N) is 2. The Morgan fingerprint density at radius 2 is 2.10 bits per heavy atom. The monoisotopic (exact) mass is 411 g/mol. The lowest BCUT2D eigenvalue weighted by molar-refractivity contribution is 0.0600. The first-order valence-electron chi connectivity index (χ1n) is 10.0. The maximum absolute atomic E-state index is 13.4. The topological polar surface area (TPSA) is 73.2 Å². The molecule has 152 valence electrons. The summed E-state index contributed by atoms with van der Waals surface area (Å²) in [5, 5.41) is 4.06. The van der Waals surface area contributed by atoms with Gasteiger partial charge in [0.25, 0.3) is 5.56 Å². The quantitative estimate of drug-likeness (QED) is 0.622. The third-order valence-electron chi connectivity index (χ3n) is 5.42. The highest BCUT2D eigenvalue weighted by Gasteiger charge is 2.22. The molecule has 1 aliphatic carbocycles. The van der Waals surface area contributed by atoms with Gasteiger partial charge in [-0.05, 0) is 62.3 Å². The van der Waals surface area contributed by atoms with Gasteiger partial charge in [0.1, 0.15) is 4.83 Å². The van der Waals surface area contributed by atoms with Crippen molar-refractivity contribution in [2.24, 2.45) is 0 Å². The third kappa shape index (κ3) is 3.55. The van der Waals surface area contributed by atoms with Crippen LogP contribution in [-0.4, -0.2) is 22.6 Å². The number of methoxy groups -OCH3 is 1.